The minimum absolute atomic E-state index is 0.267. The van der Waals surface area contributed by atoms with Gasteiger partial charge in [0.25, 0.3) is 0 Å². The van der Waals surface area contributed by atoms with E-state index in [9.17, 15) is 4.39 Å². The summed E-state index contributed by atoms with van der Waals surface area (Å²) < 4.78 is 19.7. The zero-order valence-electron chi connectivity index (χ0n) is 11.9. The minimum Gasteiger partial charge on any atom is -0.489 e. The van der Waals surface area contributed by atoms with Gasteiger partial charge in [0.2, 0.25) is 0 Å². The Bertz CT molecular complexity index is 764. The molecule has 3 rings (SSSR count). The zero-order valence-corrected chi connectivity index (χ0v) is 13.5. The molecule has 0 amide bonds. The van der Waals surface area contributed by atoms with E-state index in [-0.39, 0.29) is 11.8 Å². The van der Waals surface area contributed by atoms with Gasteiger partial charge in [0.05, 0.1) is 5.95 Å². The van der Waals surface area contributed by atoms with Crippen molar-refractivity contribution in [1.82, 2.24) is 20.6 Å². The average molecular weight is 377 g/mol. The predicted molar refractivity (Wildman–Crippen MR) is 85.8 cm³/mol. The van der Waals surface area contributed by atoms with E-state index in [0.717, 1.165) is 15.6 Å². The first-order chi connectivity index (χ1) is 11.2. The third-order valence-electron chi connectivity index (χ3n) is 3.06. The molecule has 23 heavy (non-hydrogen) atoms. The number of nitrogens with one attached hydrogen (secondary N) is 1. The molecule has 0 unspecified atom stereocenters. The molecule has 0 aliphatic rings. The maximum atomic E-state index is 12.9. The summed E-state index contributed by atoms with van der Waals surface area (Å²) in [5.41, 5.74) is 1.77. The molecule has 1 aromatic heterocycles. The van der Waals surface area contributed by atoms with E-state index in [4.69, 9.17) is 4.74 Å². The molecule has 3 aromatic rings. The third kappa shape index (κ3) is 4.26. The van der Waals surface area contributed by atoms with Gasteiger partial charge in [-0.25, -0.2) is 4.39 Å². The fourth-order valence-electron chi connectivity index (χ4n) is 1.93. The van der Waals surface area contributed by atoms with Crippen molar-refractivity contribution in [2.24, 2.45) is 0 Å². The first-order valence-corrected chi connectivity index (χ1v) is 7.56. The van der Waals surface area contributed by atoms with Gasteiger partial charge in [0.15, 0.2) is 0 Å². The molecule has 0 aliphatic carbocycles. The molecule has 0 fully saturated rings. The van der Waals surface area contributed by atoms with Crippen LogP contribution in [0, 0.1) is 5.82 Å². The van der Waals surface area contributed by atoms with Gasteiger partial charge in [-0.05, 0) is 35.9 Å². The molecule has 2 aromatic carbocycles. The highest BCUT2D eigenvalue weighted by molar-refractivity contribution is 9.10. The monoisotopic (exact) mass is 376 g/mol. The Morgan fingerprint density at radius 3 is 2.74 bits per heavy atom. The highest BCUT2D eigenvalue weighted by atomic mass is 79.9. The Morgan fingerprint density at radius 2 is 2.00 bits per heavy atom. The number of hydrogen-bond acceptors (Lipinski definition) is 4. The lowest BCUT2D eigenvalue weighted by atomic mass is 10.2. The van der Waals surface area contributed by atoms with Crippen LogP contribution < -0.4 is 4.74 Å². The van der Waals surface area contributed by atoms with Crippen LogP contribution in [0.15, 0.2) is 46.9 Å². The summed E-state index contributed by atoms with van der Waals surface area (Å²) in [6.07, 6.45) is 0. The maximum absolute atomic E-state index is 12.9. The summed E-state index contributed by atoms with van der Waals surface area (Å²) in [4.78, 5) is 0. The second-order valence-corrected chi connectivity index (χ2v) is 5.61. The highest BCUT2D eigenvalue weighted by Gasteiger charge is 2.05. The molecule has 0 radical (unpaired) electrons. The number of aromatic amines is 1. The lowest BCUT2D eigenvalue weighted by Crippen LogP contribution is -1.99. The number of ether oxygens (including phenoxy) is 1. The van der Waals surface area contributed by atoms with E-state index in [1.165, 1.54) is 12.1 Å². The van der Waals surface area contributed by atoms with Gasteiger partial charge in [-0.3, -0.25) is 15.4 Å². The molecule has 0 saturated heterocycles. The zero-order chi connectivity index (χ0) is 16.1. The average Bonchev–Trinajstić information content (AvgIpc) is 3.07. The minimum atomic E-state index is -0.267. The van der Waals surface area contributed by atoms with Crippen LogP contribution in [0.4, 0.5) is 10.3 Å². The number of nitrogens with zero attached hydrogens (tertiary/aromatic N) is 4. The quantitative estimate of drug-likeness (QED) is 0.707. The standard InChI is InChI=1S/C15H12BrFN5O/c16-12-3-6-14(23-9-10-1-4-13(17)5-2-10)11(7-12)8-18-15-19-21-22-20-15/h1-7H,8-9H2,(H-,18,19,20,21,22)/q-1. The highest BCUT2D eigenvalue weighted by Crippen LogP contribution is 2.27. The van der Waals surface area contributed by atoms with Crippen LogP contribution in [-0.4, -0.2) is 20.6 Å². The van der Waals surface area contributed by atoms with Gasteiger partial charge in [-0.2, -0.15) is 0 Å². The van der Waals surface area contributed by atoms with Crippen molar-refractivity contribution in [3.63, 3.8) is 0 Å². The molecule has 118 valence electrons. The van der Waals surface area contributed by atoms with Crippen LogP contribution in [0.5, 0.6) is 5.75 Å². The molecular formula is C15H12BrFN5O-. The lowest BCUT2D eigenvalue weighted by Gasteiger charge is -2.14. The fraction of sp³-hybridized carbons (Fsp3) is 0.133. The van der Waals surface area contributed by atoms with Crippen LogP contribution >= 0.6 is 15.9 Å². The molecule has 8 heteroatoms. The number of aromatic nitrogens is 4. The van der Waals surface area contributed by atoms with Gasteiger partial charge in [0, 0.05) is 16.6 Å². The Labute approximate surface area is 140 Å². The van der Waals surface area contributed by atoms with Crippen molar-refractivity contribution in [1.29, 1.82) is 0 Å². The van der Waals surface area contributed by atoms with E-state index in [2.05, 4.69) is 41.9 Å². The number of rotatable bonds is 6. The number of benzene rings is 2. The van der Waals surface area contributed by atoms with Crippen molar-refractivity contribution in [2.75, 3.05) is 0 Å². The fourth-order valence-corrected chi connectivity index (χ4v) is 2.34. The first-order valence-electron chi connectivity index (χ1n) is 6.77. The van der Waals surface area contributed by atoms with Crippen molar-refractivity contribution >= 4 is 21.9 Å². The molecule has 1 heterocycles. The molecule has 0 aliphatic heterocycles. The predicted octanol–water partition coefficient (Wildman–Crippen LogP) is 3.89. The lowest BCUT2D eigenvalue weighted by molar-refractivity contribution is 0.303. The molecule has 0 atom stereocenters. The van der Waals surface area contributed by atoms with Crippen LogP contribution in [0.2, 0.25) is 0 Å². The topological polar surface area (TPSA) is 77.8 Å². The smallest absolute Gasteiger partial charge is 0.123 e. The van der Waals surface area contributed by atoms with Crippen LogP contribution in [0.3, 0.4) is 0 Å². The molecule has 0 bridgehead atoms. The van der Waals surface area contributed by atoms with Crippen LogP contribution in [0.1, 0.15) is 11.1 Å². The summed E-state index contributed by atoms with van der Waals surface area (Å²) in [7, 11) is 0. The summed E-state index contributed by atoms with van der Waals surface area (Å²) in [5, 5.41) is 17.6. The molecule has 0 saturated carbocycles. The van der Waals surface area contributed by atoms with Crippen molar-refractivity contribution < 1.29 is 9.13 Å². The summed E-state index contributed by atoms with van der Waals surface area (Å²) >= 11 is 3.43. The van der Waals surface area contributed by atoms with E-state index in [1.807, 2.05) is 18.2 Å². The van der Waals surface area contributed by atoms with Crippen LogP contribution in [0.25, 0.3) is 5.32 Å². The normalized spacial score (nSPS) is 10.5. The van der Waals surface area contributed by atoms with Gasteiger partial charge in [-0.15, -0.1) is 5.21 Å². The van der Waals surface area contributed by atoms with E-state index in [1.54, 1.807) is 12.1 Å². The summed E-state index contributed by atoms with van der Waals surface area (Å²) in [6, 6.07) is 11.9. The van der Waals surface area contributed by atoms with E-state index < -0.39 is 0 Å². The molecule has 6 nitrogen and oxygen atoms in total. The Kier molecular flexibility index (Phi) is 4.82. The first kappa shape index (κ1) is 15.4. The Balaban J connectivity index is 1.69. The largest absolute Gasteiger partial charge is 0.489 e. The SMILES string of the molecule is Fc1ccc(COc2ccc(Br)cc2C[N-]c2nn[nH]n2)cc1. The molecular weight excluding hydrogens is 365 g/mol. The second kappa shape index (κ2) is 7.19. The Hall–Kier alpha value is -2.48. The number of tetrazole rings is 1. The maximum Gasteiger partial charge on any atom is 0.123 e. The van der Waals surface area contributed by atoms with Crippen LogP contribution in [-0.2, 0) is 13.2 Å². The van der Waals surface area contributed by atoms with E-state index in [0.29, 0.717) is 18.9 Å². The summed E-state index contributed by atoms with van der Waals surface area (Å²) in [6.45, 7) is 0.703. The van der Waals surface area contributed by atoms with Gasteiger partial charge < -0.3 is 10.1 Å². The van der Waals surface area contributed by atoms with E-state index >= 15 is 0 Å². The molecule has 1 N–H and O–H groups in total. The summed E-state index contributed by atoms with van der Waals surface area (Å²) in [5.74, 6) is 0.719. The second-order valence-electron chi connectivity index (χ2n) is 4.70. The number of H-pyrrole nitrogens is 1. The Morgan fingerprint density at radius 1 is 1.17 bits per heavy atom. The molecule has 0 spiro atoms. The number of halogens is 2. The van der Waals surface area contributed by atoms with Gasteiger partial charge in [0.1, 0.15) is 18.2 Å². The van der Waals surface area contributed by atoms with Crippen molar-refractivity contribution in [3.05, 3.63) is 69.2 Å². The number of hydrogen-bond donors (Lipinski definition) is 1. The third-order valence-corrected chi connectivity index (χ3v) is 3.55. The van der Waals surface area contributed by atoms with Gasteiger partial charge in [-0.1, -0.05) is 28.1 Å². The van der Waals surface area contributed by atoms with Crippen molar-refractivity contribution in [2.45, 2.75) is 13.2 Å². The van der Waals surface area contributed by atoms with Crippen molar-refractivity contribution in [3.8, 4) is 5.75 Å². The van der Waals surface area contributed by atoms with Gasteiger partial charge >= 0.3 is 0 Å².